The number of carbonyl (C=O) groups is 2. The van der Waals surface area contributed by atoms with E-state index in [1.807, 2.05) is 0 Å². The number of halogens is 1. The molecule has 1 amide bonds. The van der Waals surface area contributed by atoms with Crippen molar-refractivity contribution >= 4 is 29.6 Å². The molecule has 0 spiro atoms. The number of carboxylic acids is 1. The van der Waals surface area contributed by atoms with Crippen LogP contribution in [0.25, 0.3) is 6.08 Å². The van der Waals surface area contributed by atoms with E-state index < -0.39 is 5.97 Å². The number of ether oxygens (including phenoxy) is 2. The molecule has 7 heteroatoms. The van der Waals surface area contributed by atoms with E-state index in [0.29, 0.717) is 22.1 Å². The Balaban J connectivity index is 2.16. The van der Waals surface area contributed by atoms with Crippen LogP contribution in [0.3, 0.4) is 0 Å². The highest BCUT2D eigenvalue weighted by atomic mass is 35.5. The zero-order valence-corrected chi connectivity index (χ0v) is 13.7. The van der Waals surface area contributed by atoms with Crippen LogP contribution in [0.5, 0.6) is 11.5 Å². The highest BCUT2D eigenvalue weighted by Crippen LogP contribution is 2.36. The van der Waals surface area contributed by atoms with Crippen LogP contribution in [0.2, 0.25) is 5.02 Å². The molecule has 0 radical (unpaired) electrons. The summed E-state index contributed by atoms with van der Waals surface area (Å²) in [4.78, 5) is 24.4. The minimum Gasteiger partial charge on any atom is -0.493 e. The number of benzene rings is 1. The van der Waals surface area contributed by atoms with Crippen LogP contribution in [0, 0.1) is 0 Å². The number of nitrogens with zero attached hydrogens (tertiary/aromatic N) is 1. The molecule has 1 aromatic carbocycles. The van der Waals surface area contributed by atoms with Crippen molar-refractivity contribution in [2.75, 3.05) is 20.8 Å². The lowest BCUT2D eigenvalue weighted by atomic mass is 10.2. The predicted molar refractivity (Wildman–Crippen MR) is 86.0 cm³/mol. The number of methoxy groups -OCH3 is 2. The normalized spacial score (nSPS) is 13.9. The molecule has 1 fully saturated rings. The van der Waals surface area contributed by atoms with Gasteiger partial charge in [0.05, 0.1) is 19.2 Å². The first-order valence-electron chi connectivity index (χ1n) is 7.08. The molecule has 1 aliphatic rings. The first-order chi connectivity index (χ1) is 11.0. The van der Waals surface area contributed by atoms with E-state index in [4.69, 9.17) is 26.2 Å². The van der Waals surface area contributed by atoms with Gasteiger partial charge in [-0.2, -0.15) is 0 Å². The number of hydrogen-bond acceptors (Lipinski definition) is 4. The fourth-order valence-electron chi connectivity index (χ4n) is 2.22. The minimum atomic E-state index is -1.02. The lowest BCUT2D eigenvalue weighted by Gasteiger charge is -2.18. The Kier molecular flexibility index (Phi) is 5.50. The van der Waals surface area contributed by atoms with Crippen LogP contribution in [0.1, 0.15) is 18.4 Å². The lowest BCUT2D eigenvalue weighted by Crippen LogP contribution is -2.36. The van der Waals surface area contributed by atoms with Crippen molar-refractivity contribution in [3.05, 3.63) is 28.8 Å². The van der Waals surface area contributed by atoms with Crippen molar-refractivity contribution in [2.45, 2.75) is 18.9 Å². The van der Waals surface area contributed by atoms with Crippen molar-refractivity contribution in [2.24, 2.45) is 0 Å². The van der Waals surface area contributed by atoms with Crippen LogP contribution >= 0.6 is 11.6 Å². The molecule has 0 aromatic heterocycles. The number of carboxylic acid groups (broad SMARTS) is 1. The van der Waals surface area contributed by atoms with Crippen molar-refractivity contribution in [1.29, 1.82) is 0 Å². The van der Waals surface area contributed by atoms with Gasteiger partial charge in [0.1, 0.15) is 6.54 Å². The number of amides is 1. The summed E-state index contributed by atoms with van der Waals surface area (Å²) in [6.07, 6.45) is 4.61. The topological polar surface area (TPSA) is 76.1 Å². The zero-order valence-electron chi connectivity index (χ0n) is 12.9. The number of carbonyl (C=O) groups excluding carboxylic acids is 1. The second-order valence-corrected chi connectivity index (χ2v) is 5.57. The van der Waals surface area contributed by atoms with Gasteiger partial charge in [-0.25, -0.2) is 0 Å². The maximum atomic E-state index is 12.2. The van der Waals surface area contributed by atoms with Gasteiger partial charge in [-0.3, -0.25) is 9.59 Å². The Labute approximate surface area is 139 Å². The van der Waals surface area contributed by atoms with Crippen LogP contribution in [-0.4, -0.2) is 48.7 Å². The summed E-state index contributed by atoms with van der Waals surface area (Å²) in [7, 11) is 2.98. The van der Waals surface area contributed by atoms with E-state index in [1.165, 1.54) is 25.2 Å². The van der Waals surface area contributed by atoms with Crippen LogP contribution < -0.4 is 9.47 Å². The summed E-state index contributed by atoms with van der Waals surface area (Å²) in [5.74, 6) is -0.478. The molecule has 0 heterocycles. The summed E-state index contributed by atoms with van der Waals surface area (Å²) in [5.41, 5.74) is 0.659. The molecule has 6 nitrogen and oxygen atoms in total. The van der Waals surface area contributed by atoms with Gasteiger partial charge in [0, 0.05) is 12.1 Å². The quantitative estimate of drug-likeness (QED) is 0.772. The molecule has 0 saturated heterocycles. The molecule has 0 unspecified atom stereocenters. The van der Waals surface area contributed by atoms with Gasteiger partial charge in [0.25, 0.3) is 0 Å². The van der Waals surface area contributed by atoms with Gasteiger partial charge in [-0.15, -0.1) is 0 Å². The molecule has 124 valence electrons. The van der Waals surface area contributed by atoms with E-state index in [0.717, 1.165) is 12.8 Å². The summed E-state index contributed by atoms with van der Waals surface area (Å²) < 4.78 is 10.3. The second-order valence-electron chi connectivity index (χ2n) is 5.16. The largest absolute Gasteiger partial charge is 0.493 e. The maximum absolute atomic E-state index is 12.2. The molecule has 1 aliphatic carbocycles. The molecule has 2 rings (SSSR count). The standard InChI is InChI=1S/C16H18ClNO5/c1-22-13-8-10(7-12(17)16(13)23-2)3-6-14(19)18(9-15(20)21)11-4-5-11/h3,6-8,11H,4-5,9H2,1-2H3,(H,20,21). The molecule has 0 aliphatic heterocycles. The van der Waals surface area contributed by atoms with Crippen LogP contribution in [-0.2, 0) is 9.59 Å². The minimum absolute atomic E-state index is 0.0252. The molecule has 1 N–H and O–H groups in total. The van der Waals surface area contributed by atoms with Gasteiger partial charge < -0.3 is 19.5 Å². The summed E-state index contributed by atoms with van der Waals surface area (Å²) in [6.45, 7) is -0.291. The SMILES string of the molecule is COc1cc(C=CC(=O)N(CC(=O)O)C2CC2)cc(Cl)c1OC. The fraction of sp³-hybridized carbons (Fsp3) is 0.375. The monoisotopic (exact) mass is 339 g/mol. The highest BCUT2D eigenvalue weighted by molar-refractivity contribution is 6.32. The predicted octanol–water partition coefficient (Wildman–Crippen LogP) is 2.45. The first-order valence-corrected chi connectivity index (χ1v) is 7.46. The fourth-order valence-corrected chi connectivity index (χ4v) is 2.51. The molecule has 1 saturated carbocycles. The zero-order chi connectivity index (χ0) is 17.0. The van der Waals surface area contributed by atoms with Gasteiger partial charge in [-0.1, -0.05) is 11.6 Å². The molecule has 0 atom stereocenters. The van der Waals surface area contributed by atoms with E-state index >= 15 is 0 Å². The van der Waals surface area contributed by atoms with Crippen molar-refractivity contribution in [1.82, 2.24) is 4.90 Å². The van der Waals surface area contributed by atoms with Crippen molar-refractivity contribution in [3.63, 3.8) is 0 Å². The highest BCUT2D eigenvalue weighted by Gasteiger charge is 2.32. The lowest BCUT2D eigenvalue weighted by molar-refractivity contribution is -0.143. The average Bonchev–Trinajstić information content (AvgIpc) is 3.34. The van der Waals surface area contributed by atoms with Gasteiger partial charge >= 0.3 is 5.97 Å². The van der Waals surface area contributed by atoms with E-state index in [1.54, 1.807) is 18.2 Å². The Morgan fingerprint density at radius 2 is 2.04 bits per heavy atom. The Bertz CT molecular complexity index is 640. The molecular formula is C16H18ClNO5. The smallest absolute Gasteiger partial charge is 0.323 e. The third kappa shape index (κ3) is 4.39. The number of rotatable bonds is 7. The van der Waals surface area contributed by atoms with Crippen LogP contribution in [0.15, 0.2) is 18.2 Å². The van der Waals surface area contributed by atoms with Gasteiger partial charge in [0.2, 0.25) is 5.91 Å². The Morgan fingerprint density at radius 1 is 1.35 bits per heavy atom. The van der Waals surface area contributed by atoms with Crippen molar-refractivity contribution in [3.8, 4) is 11.5 Å². The van der Waals surface area contributed by atoms with E-state index in [-0.39, 0.29) is 18.5 Å². The Morgan fingerprint density at radius 3 is 2.57 bits per heavy atom. The second kappa shape index (κ2) is 7.37. The van der Waals surface area contributed by atoms with E-state index in [9.17, 15) is 9.59 Å². The number of hydrogen-bond donors (Lipinski definition) is 1. The summed E-state index contributed by atoms with van der Waals surface area (Å²) in [5, 5.41) is 9.26. The van der Waals surface area contributed by atoms with E-state index in [2.05, 4.69) is 0 Å². The summed E-state index contributed by atoms with van der Waals surface area (Å²) in [6, 6.07) is 3.36. The maximum Gasteiger partial charge on any atom is 0.323 e. The van der Waals surface area contributed by atoms with Crippen molar-refractivity contribution < 1.29 is 24.2 Å². The summed E-state index contributed by atoms with van der Waals surface area (Å²) >= 11 is 6.11. The third-order valence-electron chi connectivity index (χ3n) is 3.45. The van der Waals surface area contributed by atoms with Crippen LogP contribution in [0.4, 0.5) is 0 Å². The average molecular weight is 340 g/mol. The molecule has 0 bridgehead atoms. The first kappa shape index (κ1) is 17.1. The Hall–Kier alpha value is -2.21. The third-order valence-corrected chi connectivity index (χ3v) is 3.73. The van der Waals surface area contributed by atoms with Gasteiger partial charge in [-0.05, 0) is 36.6 Å². The number of aliphatic carboxylic acids is 1. The molecule has 1 aromatic rings. The molecular weight excluding hydrogens is 322 g/mol. The molecule has 23 heavy (non-hydrogen) atoms. The van der Waals surface area contributed by atoms with Gasteiger partial charge in [0.15, 0.2) is 11.5 Å².